The molecular weight excluding hydrogens is 701 g/mol. The van der Waals surface area contributed by atoms with E-state index in [9.17, 15) is 9.59 Å². The van der Waals surface area contributed by atoms with Crippen LogP contribution in [0.4, 0.5) is 0 Å². The number of hydrogen-bond acceptors (Lipinski definition) is 8. The molecule has 0 fully saturated rings. The summed E-state index contributed by atoms with van der Waals surface area (Å²) < 4.78 is 22.5. The molecule has 272 valence electrons. The Morgan fingerprint density at radius 1 is 0.623 bits per heavy atom. The van der Waals surface area contributed by atoms with Gasteiger partial charge in [0.2, 0.25) is 0 Å². The molecular formula is C45H44O6S2. The monoisotopic (exact) mass is 744 g/mol. The molecule has 0 bridgehead atoms. The predicted molar refractivity (Wildman–Crippen MR) is 218 cm³/mol. The first-order valence-electron chi connectivity index (χ1n) is 18.2. The van der Waals surface area contributed by atoms with Gasteiger partial charge in [0.1, 0.15) is 37.9 Å². The maximum atomic E-state index is 11.9. The van der Waals surface area contributed by atoms with Crippen LogP contribution < -0.4 is 9.47 Å². The highest BCUT2D eigenvalue weighted by molar-refractivity contribution is 7.81. The second kappa shape index (κ2) is 16.1. The third kappa shape index (κ3) is 7.85. The standard InChI is InChI=1S/C45H44O6S2/c1-29(52)23-43(46)50-21-19-48-37-17-13-31-25-35(15-11-33(31)27-37)45(41-9-5-3-7-39(41)40-8-4-6-10-42(40)45)36-16-12-34-28-38(18-14-32(34)26-36)49-20-22-51-44(47)24-30(2)53/h3-18,25-30,39,41,52-53H,19-24H2,1-2H3. The minimum absolute atomic E-state index is 0.0410. The predicted octanol–water partition coefficient (Wildman–Crippen LogP) is 9.43. The normalized spacial score (nSPS) is 19.7. The van der Waals surface area contributed by atoms with Crippen molar-refractivity contribution < 1.29 is 28.5 Å². The fourth-order valence-corrected chi connectivity index (χ4v) is 8.15. The maximum Gasteiger partial charge on any atom is 0.307 e. The molecule has 53 heavy (non-hydrogen) atoms. The molecule has 5 aromatic carbocycles. The van der Waals surface area contributed by atoms with Crippen molar-refractivity contribution in [3.05, 3.63) is 144 Å². The van der Waals surface area contributed by atoms with Gasteiger partial charge in [-0.25, -0.2) is 0 Å². The number of hydrogen-bond donors (Lipinski definition) is 2. The largest absolute Gasteiger partial charge is 0.490 e. The topological polar surface area (TPSA) is 71.1 Å². The van der Waals surface area contributed by atoms with Crippen molar-refractivity contribution in [2.24, 2.45) is 5.92 Å². The van der Waals surface area contributed by atoms with E-state index >= 15 is 0 Å². The number of carbonyl (C=O) groups excluding carboxylic acids is 2. The van der Waals surface area contributed by atoms with Gasteiger partial charge >= 0.3 is 11.9 Å². The van der Waals surface area contributed by atoms with Crippen molar-refractivity contribution in [2.75, 3.05) is 26.4 Å². The van der Waals surface area contributed by atoms with E-state index in [1.54, 1.807) is 0 Å². The molecule has 2 aliphatic carbocycles. The van der Waals surface area contributed by atoms with Crippen LogP contribution >= 0.6 is 25.3 Å². The highest BCUT2D eigenvalue weighted by Crippen LogP contribution is 2.59. The van der Waals surface area contributed by atoms with Crippen molar-refractivity contribution in [1.29, 1.82) is 0 Å². The van der Waals surface area contributed by atoms with Crippen LogP contribution in [0.15, 0.2) is 121 Å². The summed E-state index contributed by atoms with van der Waals surface area (Å²) >= 11 is 8.51. The number of thiol groups is 2. The summed E-state index contributed by atoms with van der Waals surface area (Å²) in [5.41, 5.74) is 4.67. The Morgan fingerprint density at radius 3 is 1.66 bits per heavy atom. The Hall–Kier alpha value is -4.66. The average Bonchev–Trinajstić information content (AvgIpc) is 3.45. The fourth-order valence-electron chi connectivity index (χ4n) is 7.85. The second-order valence-corrected chi connectivity index (χ2v) is 15.7. The van der Waals surface area contributed by atoms with Gasteiger partial charge in [0.25, 0.3) is 0 Å². The van der Waals surface area contributed by atoms with Crippen molar-refractivity contribution in [3.8, 4) is 11.5 Å². The third-order valence-corrected chi connectivity index (χ3v) is 10.4. The van der Waals surface area contributed by atoms with Crippen LogP contribution in [0.25, 0.3) is 21.5 Å². The van der Waals surface area contributed by atoms with Crippen LogP contribution in [0, 0.1) is 5.92 Å². The number of esters is 2. The Morgan fingerprint density at radius 2 is 1.11 bits per heavy atom. The molecule has 0 aliphatic heterocycles. The Labute approximate surface area is 322 Å². The quantitative estimate of drug-likeness (QED) is 0.0671. The third-order valence-electron chi connectivity index (χ3n) is 10.1. The van der Waals surface area contributed by atoms with E-state index in [2.05, 4.69) is 122 Å². The van der Waals surface area contributed by atoms with E-state index in [1.807, 2.05) is 38.1 Å². The van der Waals surface area contributed by atoms with Gasteiger partial charge in [-0.2, -0.15) is 25.3 Å². The summed E-state index contributed by atoms with van der Waals surface area (Å²) in [5.74, 6) is 1.33. The van der Waals surface area contributed by atoms with Crippen molar-refractivity contribution >= 4 is 58.7 Å². The van der Waals surface area contributed by atoms with Gasteiger partial charge < -0.3 is 18.9 Å². The summed E-state index contributed by atoms with van der Waals surface area (Å²) in [7, 11) is 0. The Kier molecular flexibility index (Phi) is 11.2. The first-order chi connectivity index (χ1) is 25.7. The first-order valence-corrected chi connectivity index (χ1v) is 19.2. The lowest BCUT2D eigenvalue weighted by atomic mass is 9.63. The van der Waals surface area contributed by atoms with Crippen molar-refractivity contribution in [3.63, 3.8) is 0 Å². The van der Waals surface area contributed by atoms with E-state index in [4.69, 9.17) is 18.9 Å². The van der Waals surface area contributed by atoms with Gasteiger partial charge in [0.15, 0.2) is 0 Å². The SMILES string of the molecule is CC(S)CC(=O)OCCOc1ccc2cc(C3(c4ccc5cc(OCCOC(=O)CC(C)S)ccc5c4)c4ccccc4C4C=CC=CC43)ccc2c1. The molecule has 2 aliphatic rings. The van der Waals surface area contributed by atoms with Crippen LogP contribution in [0.3, 0.4) is 0 Å². The molecule has 0 radical (unpaired) electrons. The average molecular weight is 745 g/mol. The van der Waals surface area contributed by atoms with E-state index in [0.29, 0.717) is 0 Å². The smallest absolute Gasteiger partial charge is 0.307 e. The number of benzene rings is 5. The number of ether oxygens (including phenoxy) is 4. The number of allylic oxidation sites excluding steroid dienone is 4. The van der Waals surface area contributed by atoms with Crippen LogP contribution in [-0.2, 0) is 24.5 Å². The second-order valence-electron chi connectivity index (χ2n) is 13.9. The number of fused-ring (bicyclic) bond motifs is 5. The van der Waals surface area contributed by atoms with Gasteiger partial charge in [-0.1, -0.05) is 98.8 Å². The zero-order valence-corrected chi connectivity index (χ0v) is 31.7. The fraction of sp³-hybridized carbons (Fsp3) is 0.289. The minimum Gasteiger partial charge on any atom is -0.490 e. The lowest BCUT2D eigenvalue weighted by Crippen LogP contribution is -2.35. The van der Waals surface area contributed by atoms with Gasteiger partial charge in [0.05, 0.1) is 18.3 Å². The van der Waals surface area contributed by atoms with E-state index in [-0.39, 0.29) is 73.5 Å². The van der Waals surface area contributed by atoms with Gasteiger partial charge in [-0.15, -0.1) is 0 Å². The summed E-state index contributed by atoms with van der Waals surface area (Å²) in [6.07, 6.45) is 9.61. The van der Waals surface area contributed by atoms with Crippen LogP contribution in [0.1, 0.15) is 54.9 Å². The Balaban J connectivity index is 1.19. The zero-order valence-electron chi connectivity index (χ0n) is 29.9. The van der Waals surface area contributed by atoms with E-state index in [0.717, 1.165) is 33.0 Å². The molecule has 5 aromatic rings. The zero-order chi connectivity index (χ0) is 37.0. The summed E-state index contributed by atoms with van der Waals surface area (Å²) in [6, 6.07) is 34.7. The molecule has 4 unspecified atom stereocenters. The van der Waals surface area contributed by atoms with E-state index < -0.39 is 5.41 Å². The molecule has 0 aromatic heterocycles. The molecule has 0 saturated heterocycles. The molecule has 0 spiro atoms. The van der Waals surface area contributed by atoms with Crippen LogP contribution in [0.5, 0.6) is 11.5 Å². The highest BCUT2D eigenvalue weighted by atomic mass is 32.1. The Bertz CT molecular complexity index is 2070. The molecule has 0 heterocycles. The molecule has 6 nitrogen and oxygen atoms in total. The van der Waals surface area contributed by atoms with E-state index in [1.165, 1.54) is 22.3 Å². The molecule has 0 amide bonds. The molecule has 8 heteroatoms. The summed E-state index contributed by atoms with van der Waals surface area (Å²) in [6.45, 7) is 4.66. The van der Waals surface area contributed by atoms with Gasteiger partial charge in [-0.05, 0) is 80.2 Å². The first kappa shape index (κ1) is 36.7. The molecule has 0 N–H and O–H groups in total. The lowest BCUT2D eigenvalue weighted by Gasteiger charge is -2.39. The minimum atomic E-state index is -0.446. The van der Waals surface area contributed by atoms with Crippen LogP contribution in [0.2, 0.25) is 0 Å². The van der Waals surface area contributed by atoms with Gasteiger partial charge in [0, 0.05) is 22.3 Å². The summed E-state index contributed by atoms with van der Waals surface area (Å²) in [5, 5.41) is 4.30. The molecule has 0 saturated carbocycles. The van der Waals surface area contributed by atoms with Crippen LogP contribution in [-0.4, -0.2) is 48.9 Å². The number of carbonyl (C=O) groups is 2. The molecule has 4 atom stereocenters. The summed E-state index contributed by atoms with van der Waals surface area (Å²) in [4.78, 5) is 23.8. The van der Waals surface area contributed by atoms with Crippen molar-refractivity contribution in [2.45, 2.75) is 48.5 Å². The lowest BCUT2D eigenvalue weighted by molar-refractivity contribution is -0.145. The maximum absolute atomic E-state index is 11.9. The highest BCUT2D eigenvalue weighted by Gasteiger charge is 2.52. The van der Waals surface area contributed by atoms with Crippen molar-refractivity contribution in [1.82, 2.24) is 0 Å². The molecule has 7 rings (SSSR count). The van der Waals surface area contributed by atoms with Gasteiger partial charge in [-0.3, -0.25) is 9.59 Å². The number of rotatable bonds is 14.